The Hall–Kier alpha value is 0.200. The monoisotopic (exact) mass is 339 g/mol. The molecule has 1 amide bonds. The summed E-state index contributed by atoms with van der Waals surface area (Å²) in [5.41, 5.74) is 0. The van der Waals surface area contributed by atoms with Gasteiger partial charge in [-0.15, -0.1) is 0 Å². The normalized spacial score (nSPS) is 10.4. The minimum Gasteiger partial charge on any atom is -0.346 e. The van der Waals surface area contributed by atoms with Crippen LogP contribution in [-0.4, -0.2) is 28.8 Å². The van der Waals surface area contributed by atoms with Crippen LogP contribution in [0.15, 0.2) is 0 Å². The molecule has 0 aromatic heterocycles. The number of nitrogens with zero attached hydrogens (tertiary/aromatic N) is 1. The maximum atomic E-state index is 11.6. The average Bonchev–Trinajstić information content (AvgIpc) is 2.28. The van der Waals surface area contributed by atoms with Crippen LogP contribution >= 0.6 is 22.6 Å². The summed E-state index contributed by atoms with van der Waals surface area (Å²) in [4.78, 5) is 13.5. The van der Waals surface area contributed by atoms with Crippen molar-refractivity contribution in [1.29, 1.82) is 0 Å². The highest BCUT2D eigenvalue weighted by atomic mass is 127. The second-order valence-electron chi connectivity index (χ2n) is 4.38. The molecule has 0 aromatic carbocycles. The maximum absolute atomic E-state index is 11.6. The van der Waals surface area contributed by atoms with Crippen LogP contribution in [0, 0.1) is 0 Å². The summed E-state index contributed by atoms with van der Waals surface area (Å²) in [6.45, 7) is 3.01. The van der Waals surface area contributed by atoms with Gasteiger partial charge in [0.25, 0.3) is 0 Å². The van der Waals surface area contributed by atoms with E-state index in [-0.39, 0.29) is 0 Å². The molecule has 0 N–H and O–H groups in total. The summed E-state index contributed by atoms with van der Waals surface area (Å²) < 4.78 is 1.28. The summed E-state index contributed by atoms with van der Waals surface area (Å²) in [5, 5.41) is 0. The highest BCUT2D eigenvalue weighted by Crippen LogP contribution is 2.09. The van der Waals surface area contributed by atoms with Crippen molar-refractivity contribution in [3.05, 3.63) is 0 Å². The first kappa shape index (κ1) is 16.2. The Labute approximate surface area is 114 Å². The molecule has 0 fully saturated rings. The third kappa shape index (κ3) is 9.43. The van der Waals surface area contributed by atoms with Gasteiger partial charge in [0.1, 0.15) is 0 Å². The largest absolute Gasteiger partial charge is 0.346 e. The molecule has 0 heterocycles. The predicted molar refractivity (Wildman–Crippen MR) is 79.1 cm³/mol. The van der Waals surface area contributed by atoms with E-state index in [2.05, 4.69) is 29.5 Å². The molecule has 0 saturated carbocycles. The van der Waals surface area contributed by atoms with Crippen LogP contribution in [0.4, 0.5) is 0 Å². The minimum absolute atomic E-state index is 0.314. The zero-order chi connectivity index (χ0) is 12.2. The third-order valence-corrected chi connectivity index (χ3v) is 3.52. The zero-order valence-electron chi connectivity index (χ0n) is 10.8. The van der Waals surface area contributed by atoms with Crippen molar-refractivity contribution in [1.82, 2.24) is 4.90 Å². The molecule has 0 unspecified atom stereocenters. The zero-order valence-corrected chi connectivity index (χ0v) is 13.0. The fourth-order valence-electron chi connectivity index (χ4n) is 1.73. The third-order valence-electron chi connectivity index (χ3n) is 2.76. The van der Waals surface area contributed by atoms with Crippen LogP contribution in [0.25, 0.3) is 0 Å². The SMILES string of the molecule is CCCN(C)C(=O)CCCCCCCCI. The van der Waals surface area contributed by atoms with Gasteiger partial charge in [-0.2, -0.15) is 0 Å². The second kappa shape index (κ2) is 11.7. The summed E-state index contributed by atoms with van der Waals surface area (Å²) in [6, 6.07) is 0. The van der Waals surface area contributed by atoms with Crippen molar-refractivity contribution in [3.63, 3.8) is 0 Å². The van der Waals surface area contributed by atoms with E-state index >= 15 is 0 Å². The summed E-state index contributed by atoms with van der Waals surface area (Å²) >= 11 is 2.43. The molecule has 0 aliphatic rings. The average molecular weight is 339 g/mol. The van der Waals surface area contributed by atoms with Crippen molar-refractivity contribution in [2.45, 2.75) is 58.3 Å². The van der Waals surface area contributed by atoms with E-state index in [1.54, 1.807) is 0 Å². The van der Waals surface area contributed by atoms with Gasteiger partial charge in [0.05, 0.1) is 0 Å². The van der Waals surface area contributed by atoms with E-state index in [0.717, 1.165) is 25.8 Å². The summed E-state index contributed by atoms with van der Waals surface area (Å²) in [7, 11) is 1.91. The van der Waals surface area contributed by atoms with Gasteiger partial charge in [-0.1, -0.05) is 55.2 Å². The Morgan fingerprint density at radius 1 is 1.06 bits per heavy atom. The number of hydrogen-bond acceptors (Lipinski definition) is 1. The number of alkyl halides is 1. The van der Waals surface area contributed by atoms with Crippen molar-refractivity contribution in [2.24, 2.45) is 0 Å². The molecular weight excluding hydrogens is 313 g/mol. The van der Waals surface area contributed by atoms with E-state index in [4.69, 9.17) is 0 Å². The van der Waals surface area contributed by atoms with Crippen LogP contribution in [0.3, 0.4) is 0 Å². The molecule has 2 nitrogen and oxygen atoms in total. The molecule has 0 atom stereocenters. The number of unbranched alkanes of at least 4 members (excludes halogenated alkanes) is 5. The summed E-state index contributed by atoms with van der Waals surface area (Å²) in [5.74, 6) is 0.314. The Morgan fingerprint density at radius 3 is 2.19 bits per heavy atom. The molecule has 0 saturated heterocycles. The van der Waals surface area contributed by atoms with Crippen LogP contribution < -0.4 is 0 Å². The molecule has 0 aromatic rings. The minimum atomic E-state index is 0.314. The lowest BCUT2D eigenvalue weighted by molar-refractivity contribution is -0.130. The van der Waals surface area contributed by atoms with E-state index in [9.17, 15) is 4.79 Å². The number of amides is 1. The first-order chi connectivity index (χ1) is 7.72. The standard InChI is InChI=1S/C13H26INO/c1-3-12-15(2)13(16)10-8-6-4-5-7-9-11-14/h3-12H2,1-2H3. The number of hydrogen-bond donors (Lipinski definition) is 0. The number of halogens is 1. The molecule has 3 heteroatoms. The van der Waals surface area contributed by atoms with Crippen LogP contribution in [0.5, 0.6) is 0 Å². The van der Waals surface area contributed by atoms with Gasteiger partial charge in [0, 0.05) is 20.0 Å². The molecular formula is C13H26INO. The Morgan fingerprint density at radius 2 is 1.62 bits per heavy atom. The highest BCUT2D eigenvalue weighted by Gasteiger charge is 2.06. The second-order valence-corrected chi connectivity index (χ2v) is 5.45. The fourth-order valence-corrected chi connectivity index (χ4v) is 2.27. The van der Waals surface area contributed by atoms with Gasteiger partial charge < -0.3 is 4.90 Å². The molecule has 0 rings (SSSR count). The molecule has 0 aliphatic heterocycles. The maximum Gasteiger partial charge on any atom is 0.222 e. The van der Waals surface area contributed by atoms with Crippen molar-refractivity contribution >= 4 is 28.5 Å². The lowest BCUT2D eigenvalue weighted by Crippen LogP contribution is -2.26. The number of carbonyl (C=O) groups is 1. The summed E-state index contributed by atoms with van der Waals surface area (Å²) in [6.07, 6.45) is 9.40. The van der Waals surface area contributed by atoms with Crippen LogP contribution in [-0.2, 0) is 4.79 Å². The van der Waals surface area contributed by atoms with Gasteiger partial charge in [-0.3, -0.25) is 4.79 Å². The van der Waals surface area contributed by atoms with E-state index < -0.39 is 0 Å². The topological polar surface area (TPSA) is 20.3 Å². The van der Waals surface area contributed by atoms with Crippen LogP contribution in [0.1, 0.15) is 58.3 Å². The van der Waals surface area contributed by atoms with Gasteiger partial charge in [-0.05, 0) is 23.7 Å². The van der Waals surface area contributed by atoms with Crippen molar-refractivity contribution < 1.29 is 4.79 Å². The molecule has 16 heavy (non-hydrogen) atoms. The van der Waals surface area contributed by atoms with Gasteiger partial charge >= 0.3 is 0 Å². The first-order valence-electron chi connectivity index (χ1n) is 6.52. The van der Waals surface area contributed by atoms with E-state index in [1.165, 1.54) is 36.5 Å². The van der Waals surface area contributed by atoms with Crippen molar-refractivity contribution in [3.8, 4) is 0 Å². The predicted octanol–water partition coefficient (Wildman–Crippen LogP) is 4.02. The molecule has 0 spiro atoms. The van der Waals surface area contributed by atoms with Gasteiger partial charge in [-0.25, -0.2) is 0 Å². The molecule has 96 valence electrons. The lowest BCUT2D eigenvalue weighted by atomic mass is 10.1. The fraction of sp³-hybridized carbons (Fsp3) is 0.923. The van der Waals surface area contributed by atoms with Crippen molar-refractivity contribution in [2.75, 3.05) is 18.0 Å². The van der Waals surface area contributed by atoms with E-state index in [1.807, 2.05) is 11.9 Å². The molecule has 0 aliphatic carbocycles. The highest BCUT2D eigenvalue weighted by molar-refractivity contribution is 14.1. The molecule has 0 bridgehead atoms. The Bertz CT molecular complexity index is 173. The molecule has 0 radical (unpaired) electrons. The van der Waals surface area contributed by atoms with Gasteiger partial charge in [0.15, 0.2) is 0 Å². The quantitative estimate of drug-likeness (QED) is 0.334. The Balaban J connectivity index is 3.27. The van der Waals surface area contributed by atoms with Crippen LogP contribution in [0.2, 0.25) is 0 Å². The first-order valence-corrected chi connectivity index (χ1v) is 8.04. The number of rotatable bonds is 10. The van der Waals surface area contributed by atoms with Gasteiger partial charge in [0.2, 0.25) is 5.91 Å². The Kier molecular flexibility index (Phi) is 11.8. The lowest BCUT2D eigenvalue weighted by Gasteiger charge is -2.15. The van der Waals surface area contributed by atoms with E-state index in [0.29, 0.717) is 5.91 Å². The smallest absolute Gasteiger partial charge is 0.222 e. The number of carbonyl (C=O) groups excluding carboxylic acids is 1.